The van der Waals surface area contributed by atoms with Crippen LogP contribution < -0.4 is 5.32 Å². The van der Waals surface area contributed by atoms with Gasteiger partial charge in [-0.05, 0) is 62.6 Å². The Labute approximate surface area is 121 Å². The van der Waals surface area contributed by atoms with Crippen molar-refractivity contribution in [2.45, 2.75) is 53.9 Å². The summed E-state index contributed by atoms with van der Waals surface area (Å²) in [5.41, 5.74) is 0. The zero-order valence-electron chi connectivity index (χ0n) is 13.9. The van der Waals surface area contributed by atoms with Crippen LogP contribution in [0.2, 0.25) is 0 Å². The van der Waals surface area contributed by atoms with E-state index in [0.717, 1.165) is 23.7 Å². The molecule has 1 N–H and O–H groups in total. The van der Waals surface area contributed by atoms with Crippen LogP contribution in [0.1, 0.15) is 53.9 Å². The first-order valence-electron chi connectivity index (χ1n) is 8.42. The van der Waals surface area contributed by atoms with E-state index < -0.39 is 0 Å². The zero-order valence-corrected chi connectivity index (χ0v) is 13.9. The summed E-state index contributed by atoms with van der Waals surface area (Å²) in [4.78, 5) is 2.68. The fourth-order valence-corrected chi connectivity index (χ4v) is 3.28. The Morgan fingerprint density at radius 3 is 2.16 bits per heavy atom. The minimum absolute atomic E-state index is 0.783. The Kier molecular flexibility index (Phi) is 8.01. The van der Waals surface area contributed by atoms with Crippen LogP contribution in [-0.4, -0.2) is 37.6 Å². The summed E-state index contributed by atoms with van der Waals surface area (Å²) in [6, 6.07) is 0. The standard InChI is InChI=1S/C17H36N2/c1-14(2)12-19(13-15(3)4)10-8-16(5)17-7-6-9-18-11-17/h14-18H,6-13H2,1-5H3. The summed E-state index contributed by atoms with van der Waals surface area (Å²) in [5.74, 6) is 3.35. The minimum Gasteiger partial charge on any atom is -0.316 e. The second-order valence-corrected chi connectivity index (χ2v) is 7.42. The lowest BCUT2D eigenvalue weighted by molar-refractivity contribution is 0.184. The summed E-state index contributed by atoms with van der Waals surface area (Å²) in [5, 5.41) is 3.55. The molecule has 1 aliphatic heterocycles. The average molecular weight is 268 g/mol. The maximum atomic E-state index is 3.55. The Morgan fingerprint density at radius 2 is 1.68 bits per heavy atom. The third-order valence-corrected chi connectivity index (χ3v) is 4.29. The van der Waals surface area contributed by atoms with E-state index in [1.807, 2.05) is 0 Å². The van der Waals surface area contributed by atoms with Crippen LogP contribution in [-0.2, 0) is 0 Å². The van der Waals surface area contributed by atoms with Crippen LogP contribution in [0.25, 0.3) is 0 Å². The van der Waals surface area contributed by atoms with E-state index in [-0.39, 0.29) is 0 Å². The smallest absolute Gasteiger partial charge is 0.000450 e. The van der Waals surface area contributed by atoms with Gasteiger partial charge in [-0.25, -0.2) is 0 Å². The fraction of sp³-hybridized carbons (Fsp3) is 1.00. The summed E-state index contributed by atoms with van der Waals surface area (Å²) in [6.07, 6.45) is 4.17. The van der Waals surface area contributed by atoms with Gasteiger partial charge in [0.2, 0.25) is 0 Å². The summed E-state index contributed by atoms with van der Waals surface area (Å²) in [6.45, 7) is 18.1. The van der Waals surface area contributed by atoms with Gasteiger partial charge in [0.25, 0.3) is 0 Å². The van der Waals surface area contributed by atoms with Crippen LogP contribution >= 0.6 is 0 Å². The lowest BCUT2D eigenvalue weighted by Gasteiger charge is -2.31. The molecule has 1 fully saturated rings. The molecule has 1 saturated heterocycles. The van der Waals surface area contributed by atoms with Gasteiger partial charge >= 0.3 is 0 Å². The third kappa shape index (κ3) is 7.31. The van der Waals surface area contributed by atoms with Crippen molar-refractivity contribution in [2.24, 2.45) is 23.7 Å². The molecule has 0 aromatic rings. The van der Waals surface area contributed by atoms with Crippen LogP contribution in [0, 0.1) is 23.7 Å². The molecule has 0 saturated carbocycles. The predicted octanol–water partition coefficient (Wildman–Crippen LogP) is 3.63. The molecule has 2 nitrogen and oxygen atoms in total. The Morgan fingerprint density at radius 1 is 1.05 bits per heavy atom. The van der Waals surface area contributed by atoms with Gasteiger partial charge < -0.3 is 10.2 Å². The molecule has 0 aliphatic carbocycles. The molecular weight excluding hydrogens is 232 g/mol. The predicted molar refractivity (Wildman–Crippen MR) is 85.5 cm³/mol. The molecule has 2 heteroatoms. The molecule has 1 aliphatic rings. The van der Waals surface area contributed by atoms with Crippen LogP contribution in [0.3, 0.4) is 0 Å². The van der Waals surface area contributed by atoms with Crippen molar-refractivity contribution in [3.63, 3.8) is 0 Å². The van der Waals surface area contributed by atoms with Gasteiger partial charge in [-0.15, -0.1) is 0 Å². The van der Waals surface area contributed by atoms with E-state index in [4.69, 9.17) is 0 Å². The Bertz CT molecular complexity index is 209. The molecule has 2 atom stereocenters. The monoisotopic (exact) mass is 268 g/mol. The van der Waals surface area contributed by atoms with E-state index in [1.54, 1.807) is 0 Å². The maximum absolute atomic E-state index is 3.55. The number of rotatable bonds is 8. The number of piperidine rings is 1. The number of nitrogens with one attached hydrogen (secondary N) is 1. The van der Waals surface area contributed by atoms with Crippen molar-refractivity contribution in [1.82, 2.24) is 10.2 Å². The first kappa shape index (κ1) is 17.0. The first-order chi connectivity index (χ1) is 8.99. The SMILES string of the molecule is CC(C)CN(CCC(C)C1CCCNC1)CC(C)C. The van der Waals surface area contributed by atoms with Gasteiger partial charge in [-0.3, -0.25) is 0 Å². The molecule has 0 aromatic heterocycles. The highest BCUT2D eigenvalue weighted by molar-refractivity contribution is 4.75. The molecule has 0 amide bonds. The molecule has 19 heavy (non-hydrogen) atoms. The van der Waals surface area contributed by atoms with Gasteiger partial charge in [0, 0.05) is 13.1 Å². The second-order valence-electron chi connectivity index (χ2n) is 7.42. The molecule has 1 heterocycles. The van der Waals surface area contributed by atoms with E-state index in [2.05, 4.69) is 44.8 Å². The van der Waals surface area contributed by atoms with Crippen molar-refractivity contribution >= 4 is 0 Å². The largest absolute Gasteiger partial charge is 0.316 e. The maximum Gasteiger partial charge on any atom is 0.000450 e. The van der Waals surface area contributed by atoms with E-state index >= 15 is 0 Å². The second kappa shape index (κ2) is 8.97. The minimum atomic E-state index is 0.783. The molecule has 2 unspecified atom stereocenters. The van der Waals surface area contributed by atoms with Crippen molar-refractivity contribution in [2.75, 3.05) is 32.7 Å². The Hall–Kier alpha value is -0.0800. The lowest BCUT2D eigenvalue weighted by Crippen LogP contribution is -2.36. The van der Waals surface area contributed by atoms with Crippen molar-refractivity contribution in [3.8, 4) is 0 Å². The lowest BCUT2D eigenvalue weighted by atomic mass is 9.85. The fourth-order valence-electron chi connectivity index (χ4n) is 3.28. The summed E-state index contributed by atoms with van der Waals surface area (Å²) >= 11 is 0. The zero-order chi connectivity index (χ0) is 14.3. The van der Waals surface area contributed by atoms with Crippen molar-refractivity contribution < 1.29 is 0 Å². The van der Waals surface area contributed by atoms with E-state index in [0.29, 0.717) is 0 Å². The molecule has 0 bridgehead atoms. The van der Waals surface area contributed by atoms with Crippen molar-refractivity contribution in [1.29, 1.82) is 0 Å². The third-order valence-electron chi connectivity index (χ3n) is 4.29. The van der Waals surface area contributed by atoms with Crippen molar-refractivity contribution in [3.05, 3.63) is 0 Å². The first-order valence-corrected chi connectivity index (χ1v) is 8.42. The molecule has 0 spiro atoms. The molecule has 0 aromatic carbocycles. The molecular formula is C17H36N2. The average Bonchev–Trinajstić information content (AvgIpc) is 2.35. The van der Waals surface area contributed by atoms with Gasteiger partial charge in [0.15, 0.2) is 0 Å². The number of hydrogen-bond donors (Lipinski definition) is 1. The van der Waals surface area contributed by atoms with Gasteiger partial charge in [0.1, 0.15) is 0 Å². The van der Waals surface area contributed by atoms with Crippen LogP contribution in [0.4, 0.5) is 0 Å². The van der Waals surface area contributed by atoms with Gasteiger partial charge in [-0.1, -0.05) is 34.6 Å². The Balaban J connectivity index is 2.32. The quantitative estimate of drug-likeness (QED) is 0.723. The summed E-state index contributed by atoms with van der Waals surface area (Å²) in [7, 11) is 0. The van der Waals surface area contributed by atoms with E-state index in [1.165, 1.54) is 52.0 Å². The topological polar surface area (TPSA) is 15.3 Å². The number of nitrogens with zero attached hydrogens (tertiary/aromatic N) is 1. The highest BCUT2D eigenvalue weighted by Gasteiger charge is 2.20. The summed E-state index contributed by atoms with van der Waals surface area (Å²) < 4.78 is 0. The highest BCUT2D eigenvalue weighted by atomic mass is 15.1. The van der Waals surface area contributed by atoms with Crippen LogP contribution in [0.15, 0.2) is 0 Å². The molecule has 114 valence electrons. The van der Waals surface area contributed by atoms with E-state index in [9.17, 15) is 0 Å². The molecule has 1 rings (SSSR count). The highest BCUT2D eigenvalue weighted by Crippen LogP contribution is 2.23. The van der Waals surface area contributed by atoms with Crippen LogP contribution in [0.5, 0.6) is 0 Å². The van der Waals surface area contributed by atoms with Gasteiger partial charge in [0.05, 0.1) is 0 Å². The molecule has 0 radical (unpaired) electrons. The van der Waals surface area contributed by atoms with Gasteiger partial charge in [-0.2, -0.15) is 0 Å². The number of hydrogen-bond acceptors (Lipinski definition) is 2. The normalized spacial score (nSPS) is 22.4.